The van der Waals surface area contributed by atoms with E-state index in [0.29, 0.717) is 5.75 Å². The fraction of sp³-hybridized carbons (Fsp3) is 0.200. The Hall–Kier alpha value is -1.80. The Balaban J connectivity index is 2.25. The van der Waals surface area contributed by atoms with Crippen molar-refractivity contribution in [1.29, 1.82) is 0 Å². The van der Waals surface area contributed by atoms with Crippen LogP contribution in [0.3, 0.4) is 0 Å². The molecule has 2 heteroatoms. The molecular formula is C20H17BrO. The van der Waals surface area contributed by atoms with Crippen LogP contribution in [0.2, 0.25) is 0 Å². The number of aromatic hydroxyl groups is 1. The molecule has 0 atom stereocenters. The Kier molecular flexibility index (Phi) is 2.74. The number of rotatable bonds is 0. The average Bonchev–Trinajstić information content (AvgIpc) is 2.47. The van der Waals surface area contributed by atoms with E-state index < -0.39 is 0 Å². The molecule has 0 aliphatic rings. The number of benzene rings is 4. The normalized spacial score (nSPS) is 12.7. The van der Waals surface area contributed by atoms with E-state index in [1.54, 1.807) is 0 Å². The molecule has 0 unspecified atom stereocenters. The Morgan fingerprint density at radius 1 is 0.818 bits per heavy atom. The van der Waals surface area contributed by atoms with Crippen LogP contribution in [-0.4, -0.2) is 5.11 Å². The van der Waals surface area contributed by atoms with E-state index in [4.69, 9.17) is 0 Å². The first-order valence-corrected chi connectivity index (χ1v) is 8.26. The second-order valence-electron chi connectivity index (χ2n) is 7.03. The van der Waals surface area contributed by atoms with Crippen molar-refractivity contribution in [3.8, 4) is 5.75 Å². The van der Waals surface area contributed by atoms with Crippen LogP contribution in [0, 0.1) is 0 Å². The summed E-state index contributed by atoms with van der Waals surface area (Å²) in [7, 11) is 0. The summed E-state index contributed by atoms with van der Waals surface area (Å²) in [5.74, 6) is 0.293. The number of phenols is 1. The fourth-order valence-electron chi connectivity index (χ4n) is 3.28. The summed E-state index contributed by atoms with van der Waals surface area (Å²) in [5, 5.41) is 17.3. The summed E-state index contributed by atoms with van der Waals surface area (Å²) in [4.78, 5) is 0. The first kappa shape index (κ1) is 13.8. The zero-order chi connectivity index (χ0) is 15.6. The molecule has 0 bridgehead atoms. The van der Waals surface area contributed by atoms with E-state index in [0.717, 1.165) is 15.2 Å². The molecule has 110 valence electrons. The SMILES string of the molecule is CC(C)(C)c1cc2ccc3cc(O)[13c](Br)c4ccc(c1)c2c34. The molecular weight excluding hydrogens is 337 g/mol. The van der Waals surface area contributed by atoms with Crippen LogP contribution in [0.4, 0.5) is 0 Å². The number of hydrogen-bond donors (Lipinski definition) is 1. The van der Waals surface area contributed by atoms with Crippen molar-refractivity contribution in [1.82, 2.24) is 0 Å². The van der Waals surface area contributed by atoms with E-state index in [1.807, 2.05) is 6.07 Å². The second-order valence-corrected chi connectivity index (χ2v) is 7.83. The van der Waals surface area contributed by atoms with Gasteiger partial charge in [0.15, 0.2) is 0 Å². The quantitative estimate of drug-likeness (QED) is 0.365. The van der Waals surface area contributed by atoms with Gasteiger partial charge in [-0.05, 0) is 59.9 Å². The predicted octanol–water partition coefficient (Wildman–Crippen LogP) is 6.35. The summed E-state index contributed by atoms with van der Waals surface area (Å²) in [6, 6.07) is 14.9. The second kappa shape index (κ2) is 4.36. The van der Waals surface area contributed by atoms with Gasteiger partial charge in [0.05, 0.1) is 4.47 Å². The van der Waals surface area contributed by atoms with Gasteiger partial charge in [-0.25, -0.2) is 0 Å². The Morgan fingerprint density at radius 3 is 1.95 bits per heavy atom. The third-order valence-electron chi connectivity index (χ3n) is 4.50. The monoisotopic (exact) mass is 353 g/mol. The molecule has 22 heavy (non-hydrogen) atoms. The zero-order valence-corrected chi connectivity index (χ0v) is 14.5. The van der Waals surface area contributed by atoms with Gasteiger partial charge < -0.3 is 5.11 Å². The lowest BCUT2D eigenvalue weighted by molar-refractivity contribution is 0.473. The lowest BCUT2D eigenvalue weighted by Gasteiger charge is -2.21. The molecule has 0 spiro atoms. The number of hydrogen-bond acceptors (Lipinski definition) is 1. The number of phenolic OH excluding ortho intramolecular Hbond substituents is 1. The smallest absolute Gasteiger partial charge is 0.131 e. The maximum atomic E-state index is 10.1. The van der Waals surface area contributed by atoms with Crippen molar-refractivity contribution in [2.24, 2.45) is 0 Å². The molecule has 0 radical (unpaired) electrons. The average molecular weight is 354 g/mol. The summed E-state index contributed by atoms with van der Waals surface area (Å²) < 4.78 is 0.772. The fourth-order valence-corrected chi connectivity index (χ4v) is 3.72. The highest BCUT2D eigenvalue weighted by atomic mass is 79.9. The van der Waals surface area contributed by atoms with Crippen molar-refractivity contribution < 1.29 is 5.11 Å². The van der Waals surface area contributed by atoms with Gasteiger partial charge in [-0.1, -0.05) is 57.2 Å². The molecule has 4 aromatic carbocycles. The zero-order valence-electron chi connectivity index (χ0n) is 12.9. The standard InChI is InChI=1S/C20H17BrO/c1-20(2,3)14-8-11-4-5-13-10-16(22)19(21)15-7-6-12(9-14)17(11)18(13)15/h4-10,22H,1-3H3/i19+1. The molecule has 0 aliphatic heterocycles. The molecule has 0 heterocycles. The molecule has 4 aromatic rings. The van der Waals surface area contributed by atoms with E-state index in [1.165, 1.54) is 27.1 Å². The molecule has 0 amide bonds. The summed E-state index contributed by atoms with van der Waals surface area (Å²) in [6.45, 7) is 6.73. The van der Waals surface area contributed by atoms with Gasteiger partial charge in [-0.2, -0.15) is 0 Å². The van der Waals surface area contributed by atoms with Gasteiger partial charge in [0.2, 0.25) is 0 Å². The van der Waals surface area contributed by atoms with Crippen LogP contribution in [0.15, 0.2) is 46.9 Å². The Bertz CT molecular complexity index is 1010. The highest BCUT2D eigenvalue weighted by Crippen LogP contribution is 2.42. The first-order chi connectivity index (χ1) is 10.4. The highest BCUT2D eigenvalue weighted by molar-refractivity contribution is 9.10. The van der Waals surface area contributed by atoms with Crippen LogP contribution in [-0.2, 0) is 5.41 Å². The molecule has 4 rings (SSSR count). The van der Waals surface area contributed by atoms with Crippen LogP contribution in [0.25, 0.3) is 32.3 Å². The summed E-state index contributed by atoms with van der Waals surface area (Å²) in [6.07, 6.45) is 0. The van der Waals surface area contributed by atoms with Crippen LogP contribution in [0.5, 0.6) is 5.75 Å². The maximum Gasteiger partial charge on any atom is 0.131 e. The highest BCUT2D eigenvalue weighted by Gasteiger charge is 2.18. The van der Waals surface area contributed by atoms with Crippen molar-refractivity contribution in [2.45, 2.75) is 26.2 Å². The van der Waals surface area contributed by atoms with Crippen molar-refractivity contribution in [3.05, 3.63) is 52.5 Å². The van der Waals surface area contributed by atoms with Gasteiger partial charge in [0.25, 0.3) is 0 Å². The molecule has 1 nitrogen and oxygen atoms in total. The van der Waals surface area contributed by atoms with Crippen LogP contribution < -0.4 is 0 Å². The first-order valence-electron chi connectivity index (χ1n) is 7.47. The van der Waals surface area contributed by atoms with Gasteiger partial charge in [0, 0.05) is 5.39 Å². The van der Waals surface area contributed by atoms with Crippen molar-refractivity contribution >= 4 is 48.2 Å². The van der Waals surface area contributed by atoms with E-state index in [9.17, 15) is 5.11 Å². The van der Waals surface area contributed by atoms with Crippen LogP contribution in [0.1, 0.15) is 26.3 Å². The van der Waals surface area contributed by atoms with Gasteiger partial charge in [0.1, 0.15) is 5.75 Å². The summed E-state index contributed by atoms with van der Waals surface area (Å²) >= 11 is 3.52. The minimum Gasteiger partial charge on any atom is -0.507 e. The van der Waals surface area contributed by atoms with Crippen LogP contribution >= 0.6 is 15.9 Å². The predicted molar refractivity (Wildman–Crippen MR) is 98.2 cm³/mol. The topological polar surface area (TPSA) is 20.2 Å². The molecule has 1 N–H and O–H groups in total. The largest absolute Gasteiger partial charge is 0.507 e. The lowest BCUT2D eigenvalue weighted by Crippen LogP contribution is -2.10. The van der Waals surface area contributed by atoms with Gasteiger partial charge in [-0.3, -0.25) is 0 Å². The van der Waals surface area contributed by atoms with Gasteiger partial charge in [-0.15, -0.1) is 0 Å². The molecule has 0 saturated carbocycles. The Morgan fingerprint density at radius 2 is 1.36 bits per heavy atom. The van der Waals surface area contributed by atoms with E-state index >= 15 is 0 Å². The lowest BCUT2D eigenvalue weighted by atomic mass is 9.83. The minimum atomic E-state index is 0.128. The summed E-state index contributed by atoms with van der Waals surface area (Å²) in [5.41, 5.74) is 1.48. The third-order valence-corrected chi connectivity index (χ3v) is 5.33. The van der Waals surface area contributed by atoms with E-state index in [-0.39, 0.29) is 5.41 Å². The molecule has 0 saturated heterocycles. The molecule has 0 aliphatic carbocycles. The van der Waals surface area contributed by atoms with E-state index in [2.05, 4.69) is 73.1 Å². The van der Waals surface area contributed by atoms with Gasteiger partial charge >= 0.3 is 0 Å². The molecule has 0 fully saturated rings. The minimum absolute atomic E-state index is 0.128. The number of halogens is 1. The maximum absolute atomic E-state index is 10.1. The third kappa shape index (κ3) is 1.83. The Labute approximate surface area is 138 Å². The van der Waals surface area contributed by atoms with Crippen molar-refractivity contribution in [3.63, 3.8) is 0 Å². The van der Waals surface area contributed by atoms with Crippen molar-refractivity contribution in [2.75, 3.05) is 0 Å². The molecule has 0 aromatic heterocycles.